The third kappa shape index (κ3) is 3.04. The van der Waals surface area contributed by atoms with Gasteiger partial charge in [-0.2, -0.15) is 0 Å². The van der Waals surface area contributed by atoms with Crippen molar-refractivity contribution in [3.8, 4) is 0 Å². The molecule has 72 valence electrons. The van der Waals surface area contributed by atoms with Crippen LogP contribution in [0.3, 0.4) is 0 Å². The lowest BCUT2D eigenvalue weighted by Gasteiger charge is -2.22. The Morgan fingerprint density at radius 1 is 1.25 bits per heavy atom. The lowest BCUT2D eigenvalue weighted by atomic mass is 10.1. The van der Waals surface area contributed by atoms with E-state index in [1.54, 1.807) is 0 Å². The number of hydrogen-bond acceptors (Lipinski definition) is 5. The van der Waals surface area contributed by atoms with Crippen LogP contribution in [0.1, 0.15) is 0 Å². The van der Waals surface area contributed by atoms with E-state index < -0.39 is 30.3 Å². The summed E-state index contributed by atoms with van der Waals surface area (Å²) in [7, 11) is 0. The van der Waals surface area contributed by atoms with Gasteiger partial charge in [0, 0.05) is 0 Å². The van der Waals surface area contributed by atoms with E-state index in [1.165, 1.54) is 0 Å². The Kier molecular flexibility index (Phi) is 5.36. The van der Waals surface area contributed by atoms with Gasteiger partial charge in [0.1, 0.15) is 30.0 Å². The fourth-order valence-corrected chi connectivity index (χ4v) is 0.754. The summed E-state index contributed by atoms with van der Waals surface area (Å²) in [5, 5.41) is 33.9. The molecule has 6 heteroatoms. The fraction of sp³-hybridized carbons (Fsp3) is 0.833. The van der Waals surface area contributed by atoms with Crippen LogP contribution in [0.25, 0.3) is 0 Å². The second-order valence-electron chi connectivity index (χ2n) is 2.31. The van der Waals surface area contributed by atoms with Crippen LogP contribution in [0.4, 0.5) is 0 Å². The van der Waals surface area contributed by atoms with Crippen LogP contribution in [0, 0.1) is 0 Å². The predicted molar refractivity (Wildman–Crippen MR) is 40.8 cm³/mol. The highest BCUT2D eigenvalue weighted by atomic mass is 35.5. The Bertz CT molecular complexity index is 142. The minimum atomic E-state index is -1.62. The fourth-order valence-electron chi connectivity index (χ4n) is 0.604. The van der Waals surface area contributed by atoms with Gasteiger partial charge in [0.25, 0.3) is 0 Å². The summed E-state index contributed by atoms with van der Waals surface area (Å²) in [5.41, 5.74) is 0. The first-order chi connectivity index (χ1) is 5.54. The average Bonchev–Trinajstić information content (AvgIpc) is 2.12. The summed E-state index contributed by atoms with van der Waals surface area (Å²) in [6, 6.07) is 0. The molecule has 4 N–H and O–H groups in total. The molecule has 0 spiro atoms. The SMILES string of the molecule is O=CC(Cl)C(O)C(O)C(O)CO. The van der Waals surface area contributed by atoms with Crippen LogP contribution < -0.4 is 0 Å². The summed E-state index contributed by atoms with van der Waals surface area (Å²) < 4.78 is 0. The van der Waals surface area contributed by atoms with Gasteiger partial charge in [-0.25, -0.2) is 0 Å². The maximum absolute atomic E-state index is 10.0. The normalized spacial score (nSPS) is 21.1. The van der Waals surface area contributed by atoms with Crippen molar-refractivity contribution < 1.29 is 25.2 Å². The van der Waals surface area contributed by atoms with Crippen LogP contribution in [-0.4, -0.2) is 57.0 Å². The van der Waals surface area contributed by atoms with Crippen molar-refractivity contribution in [3.05, 3.63) is 0 Å². The van der Waals surface area contributed by atoms with Gasteiger partial charge < -0.3 is 25.2 Å². The van der Waals surface area contributed by atoms with Gasteiger partial charge in [-0.1, -0.05) is 0 Å². The second kappa shape index (κ2) is 5.45. The highest BCUT2D eigenvalue weighted by Crippen LogP contribution is 2.07. The minimum Gasteiger partial charge on any atom is -0.394 e. The summed E-state index contributed by atoms with van der Waals surface area (Å²) in [6.07, 6.45) is -4.46. The van der Waals surface area contributed by atoms with Crippen LogP contribution in [0.15, 0.2) is 0 Å². The summed E-state index contributed by atoms with van der Waals surface area (Å²) >= 11 is 5.24. The van der Waals surface area contributed by atoms with Crippen molar-refractivity contribution in [1.82, 2.24) is 0 Å². The quantitative estimate of drug-likeness (QED) is 0.299. The van der Waals surface area contributed by atoms with E-state index >= 15 is 0 Å². The second-order valence-corrected chi connectivity index (χ2v) is 2.82. The molecule has 12 heavy (non-hydrogen) atoms. The summed E-state index contributed by atoms with van der Waals surface area (Å²) in [5.74, 6) is 0. The van der Waals surface area contributed by atoms with Gasteiger partial charge in [-0.05, 0) is 0 Å². The Balaban J connectivity index is 4.07. The number of alkyl halides is 1. The van der Waals surface area contributed by atoms with Crippen LogP contribution in [-0.2, 0) is 4.79 Å². The number of carbonyl (C=O) groups excluding carboxylic acids is 1. The molecule has 0 rings (SSSR count). The highest BCUT2D eigenvalue weighted by Gasteiger charge is 2.29. The predicted octanol–water partition coefficient (Wildman–Crippen LogP) is -2.13. The zero-order chi connectivity index (χ0) is 9.72. The largest absolute Gasteiger partial charge is 0.394 e. The van der Waals surface area contributed by atoms with E-state index in [0.717, 1.165) is 0 Å². The molecule has 4 atom stereocenters. The zero-order valence-corrected chi connectivity index (χ0v) is 6.92. The minimum absolute atomic E-state index is 0.236. The molecule has 0 aromatic carbocycles. The molecule has 0 aromatic rings. The third-order valence-electron chi connectivity index (χ3n) is 1.39. The molecule has 0 radical (unpaired) electrons. The molecule has 0 amide bonds. The monoisotopic (exact) mass is 198 g/mol. The smallest absolute Gasteiger partial charge is 0.140 e. The molecule has 0 saturated heterocycles. The number of carbonyl (C=O) groups is 1. The average molecular weight is 199 g/mol. The number of aldehydes is 1. The van der Waals surface area contributed by atoms with Gasteiger partial charge >= 0.3 is 0 Å². The molecular formula is C6H11ClO5. The number of hydrogen-bond donors (Lipinski definition) is 4. The first-order valence-electron chi connectivity index (χ1n) is 3.29. The number of rotatable bonds is 5. The van der Waals surface area contributed by atoms with Gasteiger partial charge in [0.2, 0.25) is 0 Å². The molecular weight excluding hydrogens is 188 g/mol. The third-order valence-corrected chi connectivity index (χ3v) is 1.75. The maximum atomic E-state index is 10.0. The van der Waals surface area contributed by atoms with Crippen molar-refractivity contribution >= 4 is 17.9 Å². The topological polar surface area (TPSA) is 98.0 Å². The molecule has 5 nitrogen and oxygen atoms in total. The van der Waals surface area contributed by atoms with Crippen molar-refractivity contribution in [2.24, 2.45) is 0 Å². The van der Waals surface area contributed by atoms with Crippen molar-refractivity contribution in [2.75, 3.05) is 6.61 Å². The lowest BCUT2D eigenvalue weighted by molar-refractivity contribution is -0.114. The van der Waals surface area contributed by atoms with Gasteiger partial charge in [0.15, 0.2) is 0 Å². The van der Waals surface area contributed by atoms with Crippen molar-refractivity contribution in [3.63, 3.8) is 0 Å². The molecule has 0 aliphatic rings. The number of aliphatic hydroxyl groups is 4. The Morgan fingerprint density at radius 3 is 2.08 bits per heavy atom. The molecule has 4 unspecified atom stereocenters. The van der Waals surface area contributed by atoms with Crippen molar-refractivity contribution in [1.29, 1.82) is 0 Å². The molecule has 0 heterocycles. The number of halogens is 1. The van der Waals surface area contributed by atoms with E-state index in [9.17, 15) is 4.79 Å². The van der Waals surface area contributed by atoms with E-state index in [0.29, 0.717) is 0 Å². The molecule has 0 aliphatic carbocycles. The first-order valence-corrected chi connectivity index (χ1v) is 3.72. The molecule has 0 aliphatic heterocycles. The first kappa shape index (κ1) is 11.8. The Hall–Kier alpha value is -0.200. The Morgan fingerprint density at radius 2 is 1.75 bits per heavy atom. The van der Waals surface area contributed by atoms with E-state index in [-0.39, 0.29) is 6.29 Å². The highest BCUT2D eigenvalue weighted by molar-refractivity contribution is 6.28. The maximum Gasteiger partial charge on any atom is 0.140 e. The van der Waals surface area contributed by atoms with E-state index in [2.05, 4.69) is 0 Å². The molecule has 0 aromatic heterocycles. The van der Waals surface area contributed by atoms with Gasteiger partial charge in [-0.3, -0.25) is 0 Å². The van der Waals surface area contributed by atoms with Gasteiger partial charge in [0.05, 0.1) is 6.61 Å². The van der Waals surface area contributed by atoms with Crippen molar-refractivity contribution in [2.45, 2.75) is 23.7 Å². The molecule has 0 fully saturated rings. The Labute approximate surface area is 74.2 Å². The zero-order valence-electron chi connectivity index (χ0n) is 6.17. The van der Waals surface area contributed by atoms with Crippen LogP contribution >= 0.6 is 11.6 Å². The lowest BCUT2D eigenvalue weighted by Crippen LogP contribution is -2.44. The molecule has 0 saturated carbocycles. The van der Waals surface area contributed by atoms with Crippen LogP contribution in [0.2, 0.25) is 0 Å². The summed E-state index contributed by atoms with van der Waals surface area (Å²) in [6.45, 7) is -0.708. The number of aliphatic hydroxyl groups excluding tert-OH is 4. The van der Waals surface area contributed by atoms with Crippen LogP contribution in [0.5, 0.6) is 0 Å². The summed E-state index contributed by atoms with van der Waals surface area (Å²) in [4.78, 5) is 10.0. The van der Waals surface area contributed by atoms with E-state index in [4.69, 9.17) is 32.0 Å². The van der Waals surface area contributed by atoms with E-state index in [1.807, 2.05) is 0 Å². The standard InChI is InChI=1S/C6H11ClO5/c7-3(1-8)5(11)6(12)4(10)2-9/h1,3-6,9-12H,2H2. The van der Waals surface area contributed by atoms with Gasteiger partial charge in [-0.15, -0.1) is 11.6 Å². The molecule has 0 bridgehead atoms.